The quantitative estimate of drug-likeness (QED) is 0.143. The van der Waals surface area contributed by atoms with Crippen molar-refractivity contribution in [3.63, 3.8) is 0 Å². The lowest BCUT2D eigenvalue weighted by molar-refractivity contribution is 0.0952. The number of hydrogen-bond acceptors (Lipinski definition) is 5. The van der Waals surface area contributed by atoms with E-state index in [0.717, 1.165) is 19.9 Å². The van der Waals surface area contributed by atoms with Crippen molar-refractivity contribution in [2.24, 2.45) is 5.10 Å². The Hall–Kier alpha value is -3.30. The number of benzene rings is 4. The van der Waals surface area contributed by atoms with Crippen LogP contribution in [-0.2, 0) is 6.61 Å². The van der Waals surface area contributed by atoms with Crippen molar-refractivity contribution >= 4 is 57.1 Å². The summed E-state index contributed by atoms with van der Waals surface area (Å²) in [5.74, 6) is 0.983. The van der Waals surface area contributed by atoms with Crippen molar-refractivity contribution in [1.82, 2.24) is 5.43 Å². The molecule has 0 aliphatic carbocycles. The van der Waals surface area contributed by atoms with Crippen molar-refractivity contribution in [3.8, 4) is 17.2 Å². The van der Waals surface area contributed by atoms with Crippen LogP contribution in [-0.4, -0.2) is 26.3 Å². The minimum atomic E-state index is -0.389. The number of carbonyl (C=O) groups excluding carboxylic acids is 1. The molecule has 6 nitrogen and oxygen atoms in total. The predicted octanol–water partition coefficient (Wildman–Crippen LogP) is 6.46. The Labute approximate surface area is 222 Å². The van der Waals surface area contributed by atoms with Gasteiger partial charge < -0.3 is 14.2 Å². The highest BCUT2D eigenvalue weighted by Crippen LogP contribution is 2.36. The van der Waals surface area contributed by atoms with Crippen LogP contribution in [0.3, 0.4) is 0 Å². The van der Waals surface area contributed by atoms with E-state index in [-0.39, 0.29) is 5.91 Å². The first-order valence-electron chi connectivity index (χ1n) is 10.6. The Morgan fingerprint density at radius 2 is 1.66 bits per heavy atom. The van der Waals surface area contributed by atoms with Gasteiger partial charge in [0, 0.05) is 3.57 Å². The molecule has 0 unspecified atom stereocenters. The van der Waals surface area contributed by atoms with E-state index in [4.69, 9.17) is 25.8 Å². The Morgan fingerprint density at radius 1 is 0.971 bits per heavy atom. The van der Waals surface area contributed by atoms with E-state index in [2.05, 4.69) is 33.1 Å². The molecule has 0 spiro atoms. The van der Waals surface area contributed by atoms with Gasteiger partial charge in [0.25, 0.3) is 5.91 Å². The SMILES string of the molecule is COc1cc2ccccc2cc1C(=O)N/N=C\c1cc(Cl)c(OCc2ccc(I)cc2)c(OC)c1. The third-order valence-corrected chi connectivity index (χ3v) is 6.24. The number of hydrogen-bond donors (Lipinski definition) is 1. The molecule has 0 aromatic heterocycles. The highest BCUT2D eigenvalue weighted by Gasteiger charge is 2.14. The van der Waals surface area contributed by atoms with Gasteiger partial charge in [0.05, 0.1) is 31.0 Å². The molecule has 0 bridgehead atoms. The molecule has 0 saturated carbocycles. The van der Waals surface area contributed by atoms with Crippen LogP contribution in [0.2, 0.25) is 5.02 Å². The first kappa shape index (κ1) is 24.8. The van der Waals surface area contributed by atoms with E-state index < -0.39 is 0 Å². The summed E-state index contributed by atoms with van der Waals surface area (Å²) in [7, 11) is 3.07. The second-order valence-corrected chi connectivity index (χ2v) is 9.20. The van der Waals surface area contributed by atoms with Gasteiger partial charge in [0.1, 0.15) is 12.4 Å². The fraction of sp³-hybridized carbons (Fsp3) is 0.111. The van der Waals surface area contributed by atoms with E-state index in [1.807, 2.05) is 54.6 Å². The molecule has 0 radical (unpaired) electrons. The molecule has 4 aromatic carbocycles. The zero-order valence-corrected chi connectivity index (χ0v) is 22.0. The van der Waals surface area contributed by atoms with Crippen molar-refractivity contribution < 1.29 is 19.0 Å². The van der Waals surface area contributed by atoms with Gasteiger partial charge in [-0.15, -0.1) is 0 Å². The van der Waals surface area contributed by atoms with Crippen LogP contribution in [0.25, 0.3) is 10.8 Å². The average Bonchev–Trinajstić information content (AvgIpc) is 2.87. The summed E-state index contributed by atoms with van der Waals surface area (Å²) in [5, 5.41) is 6.37. The Bertz CT molecular complexity index is 1390. The Balaban J connectivity index is 1.48. The molecule has 1 N–H and O–H groups in total. The molecule has 1 amide bonds. The summed E-state index contributed by atoms with van der Waals surface area (Å²) >= 11 is 8.72. The summed E-state index contributed by atoms with van der Waals surface area (Å²) in [6, 6.07) is 22.8. The van der Waals surface area contributed by atoms with Gasteiger partial charge in [0.2, 0.25) is 0 Å². The summed E-state index contributed by atoms with van der Waals surface area (Å²) in [4.78, 5) is 12.8. The number of nitrogens with one attached hydrogen (secondary N) is 1. The van der Waals surface area contributed by atoms with Crippen LogP contribution in [0.15, 0.2) is 77.9 Å². The molecular weight excluding hydrogens is 579 g/mol. The largest absolute Gasteiger partial charge is 0.496 e. The van der Waals surface area contributed by atoms with Crippen molar-refractivity contribution in [1.29, 1.82) is 0 Å². The van der Waals surface area contributed by atoms with Gasteiger partial charge in [-0.2, -0.15) is 5.10 Å². The summed E-state index contributed by atoms with van der Waals surface area (Å²) in [6.45, 7) is 0.351. The van der Waals surface area contributed by atoms with Crippen molar-refractivity contribution in [2.45, 2.75) is 6.61 Å². The number of ether oxygens (including phenoxy) is 3. The number of nitrogens with zero attached hydrogens (tertiary/aromatic N) is 1. The maximum Gasteiger partial charge on any atom is 0.275 e. The third kappa shape index (κ3) is 6.04. The maximum absolute atomic E-state index is 12.8. The second-order valence-electron chi connectivity index (χ2n) is 7.55. The Morgan fingerprint density at radius 3 is 2.34 bits per heavy atom. The fourth-order valence-corrected chi connectivity index (χ4v) is 4.12. The van der Waals surface area contributed by atoms with Crippen LogP contribution in [0, 0.1) is 3.57 Å². The standard InChI is InChI=1S/C27H22ClIN2O4/c1-33-24-14-20-6-4-3-5-19(20)13-22(24)27(32)31-30-15-18-11-23(28)26(25(12-18)34-2)35-16-17-7-9-21(29)10-8-17/h3-15H,16H2,1-2H3,(H,31,32)/b30-15-. The second kappa shape index (κ2) is 11.4. The summed E-state index contributed by atoms with van der Waals surface area (Å²) < 4.78 is 17.9. The molecule has 0 aliphatic heterocycles. The Kier molecular flexibility index (Phi) is 8.09. The molecule has 0 fully saturated rings. The number of fused-ring (bicyclic) bond motifs is 1. The molecule has 0 atom stereocenters. The molecule has 8 heteroatoms. The molecule has 4 aromatic rings. The molecular formula is C27H22ClIN2O4. The highest BCUT2D eigenvalue weighted by molar-refractivity contribution is 14.1. The molecule has 35 heavy (non-hydrogen) atoms. The highest BCUT2D eigenvalue weighted by atomic mass is 127. The number of halogens is 2. The summed E-state index contributed by atoms with van der Waals surface area (Å²) in [5.41, 5.74) is 4.58. The lowest BCUT2D eigenvalue weighted by Gasteiger charge is -2.13. The monoisotopic (exact) mass is 600 g/mol. The predicted molar refractivity (Wildman–Crippen MR) is 147 cm³/mol. The number of methoxy groups -OCH3 is 2. The molecule has 4 rings (SSSR count). The first-order chi connectivity index (χ1) is 17.0. The average molecular weight is 601 g/mol. The number of amides is 1. The minimum Gasteiger partial charge on any atom is -0.496 e. The van der Waals surface area contributed by atoms with E-state index in [1.165, 1.54) is 20.4 Å². The van der Waals surface area contributed by atoms with Crippen LogP contribution >= 0.6 is 34.2 Å². The molecule has 178 valence electrons. The third-order valence-electron chi connectivity index (χ3n) is 5.24. The fourth-order valence-electron chi connectivity index (χ4n) is 3.48. The van der Waals surface area contributed by atoms with Gasteiger partial charge >= 0.3 is 0 Å². The van der Waals surface area contributed by atoms with E-state index in [9.17, 15) is 4.79 Å². The molecule has 0 heterocycles. The summed E-state index contributed by atoms with van der Waals surface area (Å²) in [6.07, 6.45) is 1.49. The number of hydrazone groups is 1. The topological polar surface area (TPSA) is 69.2 Å². The number of carbonyl (C=O) groups is 1. The minimum absolute atomic E-state index is 0.351. The molecule has 0 aliphatic rings. The van der Waals surface area contributed by atoms with Crippen LogP contribution < -0.4 is 19.6 Å². The van der Waals surface area contributed by atoms with Gasteiger partial charge in [-0.05, 0) is 80.9 Å². The van der Waals surface area contributed by atoms with Gasteiger partial charge in [-0.1, -0.05) is 48.0 Å². The van der Waals surface area contributed by atoms with E-state index in [1.54, 1.807) is 18.2 Å². The zero-order valence-electron chi connectivity index (χ0n) is 19.0. The zero-order chi connectivity index (χ0) is 24.8. The van der Waals surface area contributed by atoms with Crippen LogP contribution in [0.1, 0.15) is 21.5 Å². The smallest absolute Gasteiger partial charge is 0.275 e. The normalized spacial score (nSPS) is 11.0. The van der Waals surface area contributed by atoms with Gasteiger partial charge in [-0.25, -0.2) is 5.43 Å². The van der Waals surface area contributed by atoms with Gasteiger partial charge in [0.15, 0.2) is 11.5 Å². The lowest BCUT2D eigenvalue weighted by atomic mass is 10.1. The van der Waals surface area contributed by atoms with Crippen molar-refractivity contribution in [2.75, 3.05) is 14.2 Å². The van der Waals surface area contributed by atoms with E-state index >= 15 is 0 Å². The van der Waals surface area contributed by atoms with Crippen molar-refractivity contribution in [3.05, 3.63) is 98.1 Å². The first-order valence-corrected chi connectivity index (χ1v) is 12.1. The number of rotatable bonds is 8. The van der Waals surface area contributed by atoms with Crippen LogP contribution in [0.4, 0.5) is 0 Å². The lowest BCUT2D eigenvalue weighted by Crippen LogP contribution is -2.18. The van der Waals surface area contributed by atoms with Crippen LogP contribution in [0.5, 0.6) is 17.2 Å². The van der Waals surface area contributed by atoms with E-state index in [0.29, 0.717) is 40.0 Å². The van der Waals surface area contributed by atoms with Gasteiger partial charge in [-0.3, -0.25) is 4.79 Å². The molecule has 0 saturated heterocycles. The maximum atomic E-state index is 12.8.